The first-order valence-corrected chi connectivity index (χ1v) is 9.71. The first kappa shape index (κ1) is 17.3. The van der Waals surface area contributed by atoms with Gasteiger partial charge in [0.25, 0.3) is 5.91 Å². The van der Waals surface area contributed by atoms with Gasteiger partial charge >= 0.3 is 0 Å². The molecule has 1 unspecified atom stereocenters. The number of hydrogen-bond donors (Lipinski definition) is 0. The van der Waals surface area contributed by atoms with Crippen LogP contribution in [0.4, 0.5) is 0 Å². The lowest BCUT2D eigenvalue weighted by molar-refractivity contribution is -0.139. The van der Waals surface area contributed by atoms with Crippen LogP contribution in [0.1, 0.15) is 57.3 Å². The van der Waals surface area contributed by atoms with Crippen molar-refractivity contribution in [3.63, 3.8) is 0 Å². The minimum atomic E-state index is -0.566. The molecule has 2 aliphatic rings. The fraction of sp³-hybridized carbons (Fsp3) is 0.632. The van der Waals surface area contributed by atoms with Gasteiger partial charge in [-0.3, -0.25) is 9.59 Å². The van der Waals surface area contributed by atoms with Gasteiger partial charge in [-0.2, -0.15) is 16.4 Å². The number of amides is 1. The Balaban J connectivity index is 1.80. The molecule has 1 amide bonds. The zero-order chi connectivity index (χ0) is 17.5. The van der Waals surface area contributed by atoms with Crippen molar-refractivity contribution in [1.82, 2.24) is 5.01 Å². The highest BCUT2D eigenvalue weighted by Crippen LogP contribution is 2.48. The molecule has 4 atom stereocenters. The van der Waals surface area contributed by atoms with Crippen LogP contribution in [-0.2, 0) is 4.79 Å². The third-order valence-electron chi connectivity index (χ3n) is 6.04. The smallest absolute Gasteiger partial charge is 0.255 e. The van der Waals surface area contributed by atoms with E-state index in [-0.39, 0.29) is 18.2 Å². The monoisotopic (exact) mass is 346 g/mol. The molecule has 1 fully saturated rings. The number of thiophene rings is 1. The molecule has 1 aliphatic heterocycles. The average molecular weight is 346 g/mol. The number of rotatable bonds is 4. The van der Waals surface area contributed by atoms with Crippen LogP contribution in [0.3, 0.4) is 0 Å². The van der Waals surface area contributed by atoms with Gasteiger partial charge in [0, 0.05) is 10.9 Å². The maximum atomic E-state index is 13.2. The maximum absolute atomic E-state index is 13.2. The van der Waals surface area contributed by atoms with E-state index in [1.54, 1.807) is 6.07 Å². The van der Waals surface area contributed by atoms with Gasteiger partial charge in [-0.15, -0.1) is 0 Å². The van der Waals surface area contributed by atoms with Crippen molar-refractivity contribution in [2.24, 2.45) is 28.3 Å². The lowest BCUT2D eigenvalue weighted by Crippen LogP contribution is -2.47. The fourth-order valence-corrected chi connectivity index (χ4v) is 4.94. The van der Waals surface area contributed by atoms with Crippen LogP contribution in [0.15, 0.2) is 21.9 Å². The molecule has 1 aliphatic carbocycles. The predicted molar refractivity (Wildman–Crippen MR) is 97.2 cm³/mol. The molecule has 0 bridgehead atoms. The van der Waals surface area contributed by atoms with E-state index in [9.17, 15) is 9.59 Å². The molecule has 130 valence electrons. The van der Waals surface area contributed by atoms with E-state index < -0.39 is 5.41 Å². The Labute approximate surface area is 147 Å². The van der Waals surface area contributed by atoms with Gasteiger partial charge in [-0.05, 0) is 49.5 Å². The molecule has 0 radical (unpaired) electrons. The highest BCUT2D eigenvalue weighted by atomic mass is 32.1. The molecule has 0 N–H and O–H groups in total. The Bertz CT molecular complexity index is 667. The molecular weight excluding hydrogens is 320 g/mol. The van der Waals surface area contributed by atoms with E-state index in [0.29, 0.717) is 23.3 Å². The van der Waals surface area contributed by atoms with Crippen LogP contribution in [0.5, 0.6) is 0 Å². The number of Topliss-reactive ketones (excluding diaryl/α,β-unsaturated/α-hetero) is 1. The van der Waals surface area contributed by atoms with E-state index >= 15 is 0 Å². The molecule has 3 rings (SSSR count). The highest BCUT2D eigenvalue weighted by Gasteiger charge is 2.53. The molecular formula is C19H26N2O2S. The second-order valence-corrected chi connectivity index (χ2v) is 8.47. The number of hydrogen-bond acceptors (Lipinski definition) is 4. The zero-order valence-electron chi connectivity index (χ0n) is 14.9. The van der Waals surface area contributed by atoms with E-state index in [1.807, 2.05) is 24.6 Å². The molecule has 24 heavy (non-hydrogen) atoms. The van der Waals surface area contributed by atoms with Crippen LogP contribution in [0.2, 0.25) is 0 Å². The molecule has 5 heteroatoms. The van der Waals surface area contributed by atoms with E-state index in [0.717, 1.165) is 18.6 Å². The quantitative estimate of drug-likeness (QED) is 0.766. The van der Waals surface area contributed by atoms with E-state index in [2.05, 4.69) is 18.9 Å². The highest BCUT2D eigenvalue weighted by molar-refractivity contribution is 7.08. The van der Waals surface area contributed by atoms with E-state index in [4.69, 9.17) is 0 Å². The molecule has 1 aromatic rings. The number of hydrazone groups is 1. The Morgan fingerprint density at radius 3 is 2.83 bits per heavy atom. The number of ketones is 1. The summed E-state index contributed by atoms with van der Waals surface area (Å²) in [5.74, 6) is 1.40. The predicted octanol–water partition coefficient (Wildman–Crippen LogP) is 4.23. The van der Waals surface area contributed by atoms with Gasteiger partial charge < -0.3 is 0 Å². The minimum Gasteiger partial charge on any atom is -0.292 e. The fourth-order valence-electron chi connectivity index (χ4n) is 4.27. The van der Waals surface area contributed by atoms with Gasteiger partial charge in [0.15, 0.2) is 5.78 Å². The Morgan fingerprint density at radius 2 is 2.17 bits per heavy atom. The molecule has 1 saturated carbocycles. The van der Waals surface area contributed by atoms with E-state index in [1.165, 1.54) is 22.8 Å². The lowest BCUT2D eigenvalue weighted by Gasteiger charge is -2.42. The summed E-state index contributed by atoms with van der Waals surface area (Å²) in [6.45, 7) is 8.54. The molecule has 0 aromatic carbocycles. The molecule has 2 heterocycles. The lowest BCUT2D eigenvalue weighted by atomic mass is 9.61. The van der Waals surface area contributed by atoms with Crippen LogP contribution in [0.25, 0.3) is 0 Å². The minimum absolute atomic E-state index is 0.00507. The van der Waals surface area contributed by atoms with Crippen molar-refractivity contribution in [1.29, 1.82) is 0 Å². The summed E-state index contributed by atoms with van der Waals surface area (Å²) < 4.78 is 0. The Morgan fingerprint density at radius 1 is 1.42 bits per heavy atom. The molecule has 0 spiro atoms. The summed E-state index contributed by atoms with van der Waals surface area (Å²) >= 11 is 1.49. The van der Waals surface area contributed by atoms with Crippen LogP contribution in [0, 0.1) is 23.2 Å². The number of carbonyl (C=O) groups excluding carboxylic acids is 2. The average Bonchev–Trinajstić information content (AvgIpc) is 3.15. The van der Waals surface area contributed by atoms with Crippen LogP contribution in [-0.4, -0.2) is 29.0 Å². The summed E-state index contributed by atoms with van der Waals surface area (Å²) in [5, 5.41) is 9.60. The van der Waals surface area contributed by atoms with Gasteiger partial charge in [-0.1, -0.05) is 26.7 Å². The maximum Gasteiger partial charge on any atom is 0.255 e. The number of carbonyl (C=O) groups is 2. The van der Waals surface area contributed by atoms with Crippen molar-refractivity contribution in [3.05, 3.63) is 22.4 Å². The molecule has 1 aromatic heterocycles. The largest absolute Gasteiger partial charge is 0.292 e. The van der Waals surface area contributed by atoms with Crippen molar-refractivity contribution < 1.29 is 9.59 Å². The molecule has 4 nitrogen and oxygen atoms in total. The number of nitrogens with zero attached hydrogens (tertiary/aromatic N) is 2. The summed E-state index contributed by atoms with van der Waals surface area (Å²) in [6.07, 6.45) is 3.46. The Kier molecular flexibility index (Phi) is 4.65. The van der Waals surface area contributed by atoms with Gasteiger partial charge in [0.2, 0.25) is 0 Å². The Hall–Kier alpha value is -1.49. The molecule has 0 saturated heterocycles. The standard InChI is InChI=1S/C19H26N2O2S/c1-12-5-6-13(2)16(9-12)19(4)14(3)20-21(18(19)23)10-17(22)15-7-8-24-11-15/h7-8,11-13,16H,5-6,9-10H2,1-4H3/t12-,13+,16-,19?/m1/s1. The zero-order valence-corrected chi connectivity index (χ0v) is 15.7. The third kappa shape index (κ3) is 2.83. The van der Waals surface area contributed by atoms with Crippen molar-refractivity contribution in [2.75, 3.05) is 6.54 Å². The van der Waals surface area contributed by atoms with Gasteiger partial charge in [0.05, 0.1) is 11.1 Å². The van der Waals surface area contributed by atoms with Gasteiger partial charge in [-0.25, -0.2) is 5.01 Å². The summed E-state index contributed by atoms with van der Waals surface area (Å²) in [4.78, 5) is 25.5. The summed E-state index contributed by atoms with van der Waals surface area (Å²) in [5.41, 5.74) is 0.953. The summed E-state index contributed by atoms with van der Waals surface area (Å²) in [7, 11) is 0. The second kappa shape index (κ2) is 6.43. The van der Waals surface area contributed by atoms with Crippen molar-refractivity contribution in [2.45, 2.75) is 47.0 Å². The first-order chi connectivity index (χ1) is 11.3. The van der Waals surface area contributed by atoms with Crippen molar-refractivity contribution in [3.8, 4) is 0 Å². The second-order valence-electron chi connectivity index (χ2n) is 7.69. The summed E-state index contributed by atoms with van der Waals surface area (Å²) in [6, 6.07) is 1.80. The van der Waals surface area contributed by atoms with Crippen LogP contribution < -0.4 is 0 Å². The normalized spacial score (nSPS) is 33.7. The van der Waals surface area contributed by atoms with Crippen LogP contribution >= 0.6 is 11.3 Å². The third-order valence-corrected chi connectivity index (χ3v) is 6.72. The topological polar surface area (TPSA) is 49.7 Å². The first-order valence-electron chi connectivity index (χ1n) is 8.77. The van der Waals surface area contributed by atoms with Gasteiger partial charge in [0.1, 0.15) is 6.54 Å². The van der Waals surface area contributed by atoms with Crippen molar-refractivity contribution >= 4 is 28.7 Å². The SMILES string of the molecule is CC1=NN(CC(=O)c2ccsc2)C(=O)C1(C)[C@@H]1C[C@H](C)CC[C@@H]1C.